The van der Waals surface area contributed by atoms with Crippen LogP contribution in [0.2, 0.25) is 0 Å². The molecule has 0 bridgehead atoms. The van der Waals surface area contributed by atoms with Gasteiger partial charge in [-0.3, -0.25) is 4.79 Å². The van der Waals surface area contributed by atoms with Crippen LogP contribution in [0.5, 0.6) is 11.5 Å². The molecule has 0 unspecified atom stereocenters. The van der Waals surface area contributed by atoms with Gasteiger partial charge in [0.25, 0.3) is 0 Å². The van der Waals surface area contributed by atoms with Crippen molar-refractivity contribution in [2.75, 3.05) is 14.2 Å². The minimum absolute atomic E-state index is 0. The fourth-order valence-electron chi connectivity index (χ4n) is 3.44. The molecular formula is C28H26NO4Pt-. The molecule has 1 N–H and O–H groups in total. The Kier molecular flexibility index (Phi) is 10.0. The summed E-state index contributed by atoms with van der Waals surface area (Å²) in [6, 6.07) is 25.7. The molecule has 3 aromatic carbocycles. The van der Waals surface area contributed by atoms with Crippen LogP contribution in [0.25, 0.3) is 33.2 Å². The van der Waals surface area contributed by atoms with Crippen molar-refractivity contribution in [3.05, 3.63) is 90.8 Å². The summed E-state index contributed by atoms with van der Waals surface area (Å²) in [6.45, 7) is 2.85. The van der Waals surface area contributed by atoms with Gasteiger partial charge in [0, 0.05) is 39.1 Å². The van der Waals surface area contributed by atoms with Gasteiger partial charge in [-0.1, -0.05) is 65.2 Å². The quantitative estimate of drug-likeness (QED) is 0.156. The van der Waals surface area contributed by atoms with Crippen LogP contribution in [0, 0.1) is 6.07 Å². The average molecular weight is 636 g/mol. The van der Waals surface area contributed by atoms with E-state index >= 15 is 0 Å². The van der Waals surface area contributed by atoms with Crippen LogP contribution < -0.4 is 9.47 Å². The zero-order valence-electron chi connectivity index (χ0n) is 19.4. The topological polar surface area (TPSA) is 68.7 Å². The van der Waals surface area contributed by atoms with E-state index < -0.39 is 0 Å². The minimum Gasteiger partial charge on any atom is -0.540 e. The van der Waals surface area contributed by atoms with E-state index in [-0.39, 0.29) is 32.6 Å². The molecule has 4 rings (SSSR count). The molecule has 0 fully saturated rings. The molecule has 0 saturated heterocycles. The first-order valence-electron chi connectivity index (χ1n) is 10.4. The molecule has 0 aliphatic heterocycles. The molecule has 0 amide bonds. The predicted molar refractivity (Wildman–Crippen MR) is 132 cm³/mol. The molecule has 4 aromatic rings. The van der Waals surface area contributed by atoms with Crippen LogP contribution in [0.3, 0.4) is 0 Å². The number of benzene rings is 3. The number of aliphatic hydroxyl groups excluding tert-OH is 1. The Morgan fingerprint density at radius 2 is 1.74 bits per heavy atom. The third-order valence-electron chi connectivity index (χ3n) is 4.86. The summed E-state index contributed by atoms with van der Waals surface area (Å²) in [4.78, 5) is 14.4. The van der Waals surface area contributed by atoms with Gasteiger partial charge >= 0.3 is 0 Å². The minimum atomic E-state index is -0.125. The number of nitrogens with zero attached hydrogens (tertiary/aromatic N) is 1. The number of hydrogen-bond acceptors (Lipinski definition) is 5. The van der Waals surface area contributed by atoms with Gasteiger partial charge in [0.1, 0.15) is 5.75 Å². The summed E-state index contributed by atoms with van der Waals surface area (Å²) in [5, 5.41) is 10.8. The van der Waals surface area contributed by atoms with Crippen LogP contribution in [0.4, 0.5) is 0 Å². The van der Waals surface area contributed by atoms with Gasteiger partial charge in [0.15, 0.2) is 5.78 Å². The zero-order valence-corrected chi connectivity index (χ0v) is 21.7. The van der Waals surface area contributed by atoms with Crippen molar-refractivity contribution in [3.8, 4) is 33.9 Å². The first kappa shape index (κ1) is 26.8. The van der Waals surface area contributed by atoms with Gasteiger partial charge in [-0.25, -0.2) is 0 Å². The average Bonchev–Trinajstić information content (AvgIpc) is 2.83. The maximum atomic E-state index is 10.0. The van der Waals surface area contributed by atoms with Crippen LogP contribution in [0.15, 0.2) is 84.8 Å². The summed E-state index contributed by atoms with van der Waals surface area (Å²) in [5.41, 5.74) is 3.80. The Labute approximate surface area is 214 Å². The third kappa shape index (κ3) is 6.79. The van der Waals surface area contributed by atoms with Crippen molar-refractivity contribution < 1.29 is 40.4 Å². The third-order valence-corrected chi connectivity index (χ3v) is 4.86. The second-order valence-electron chi connectivity index (χ2n) is 7.34. The largest absolute Gasteiger partial charge is 0.540 e. The van der Waals surface area contributed by atoms with Crippen molar-refractivity contribution in [3.63, 3.8) is 0 Å². The van der Waals surface area contributed by atoms with Crippen molar-refractivity contribution in [1.29, 1.82) is 0 Å². The number of ether oxygens (including phenoxy) is 2. The maximum Gasteiger partial charge on any atom is 0.155 e. The normalized spacial score (nSPS) is 10.5. The molecule has 0 aliphatic rings. The molecule has 0 saturated carbocycles. The molecule has 178 valence electrons. The number of rotatable bonds is 5. The predicted octanol–water partition coefficient (Wildman–Crippen LogP) is 6.42. The Hall–Kier alpha value is -3.43. The standard InChI is InChI=1S/C23H18NO2.C5H8O2.Pt/c1-25-18-12-13-24-22(15-18)21-11-10-17(14-23(21)26-2)20-9-5-7-16-6-3-4-8-19(16)20;1-4(6)3-5(2)7;/h3-10,12-15H,1-2H3;3,6H,1-2H3;/q-1;;/b;4-3-;. The molecule has 0 radical (unpaired) electrons. The first-order valence-corrected chi connectivity index (χ1v) is 10.4. The fourth-order valence-corrected chi connectivity index (χ4v) is 3.44. The molecule has 1 heterocycles. The zero-order chi connectivity index (χ0) is 23.8. The van der Waals surface area contributed by atoms with Crippen LogP contribution in [0.1, 0.15) is 13.8 Å². The molecular weight excluding hydrogens is 609 g/mol. The van der Waals surface area contributed by atoms with Crippen LogP contribution >= 0.6 is 0 Å². The Bertz CT molecular complexity index is 1290. The SMILES string of the molecule is CC(=O)/C=C(/C)O.COc1ccnc(-c2[c-]cc(-c3cccc4ccccc34)cc2OC)c1.[Pt]. The molecule has 5 nitrogen and oxygen atoms in total. The molecule has 0 spiro atoms. The number of allylic oxidation sites excluding steroid dienone is 2. The number of carbonyl (C=O) groups is 1. The number of pyridine rings is 1. The summed E-state index contributed by atoms with van der Waals surface area (Å²) in [6.07, 6.45) is 2.89. The smallest absolute Gasteiger partial charge is 0.155 e. The van der Waals surface area contributed by atoms with E-state index in [1.165, 1.54) is 30.7 Å². The van der Waals surface area contributed by atoms with E-state index in [4.69, 9.17) is 14.6 Å². The Morgan fingerprint density at radius 1 is 1.00 bits per heavy atom. The monoisotopic (exact) mass is 635 g/mol. The van der Waals surface area contributed by atoms with E-state index in [0.29, 0.717) is 0 Å². The fraction of sp³-hybridized carbons (Fsp3) is 0.143. The van der Waals surface area contributed by atoms with Crippen molar-refractivity contribution in [1.82, 2.24) is 4.98 Å². The number of aliphatic hydroxyl groups is 1. The molecule has 6 heteroatoms. The number of ketones is 1. The van der Waals surface area contributed by atoms with E-state index in [1.807, 2.05) is 24.3 Å². The summed E-state index contributed by atoms with van der Waals surface area (Å²) in [5.74, 6) is 1.42. The molecule has 0 atom stereocenters. The second-order valence-corrected chi connectivity index (χ2v) is 7.34. The molecule has 34 heavy (non-hydrogen) atoms. The van der Waals surface area contributed by atoms with Crippen molar-refractivity contribution in [2.45, 2.75) is 13.8 Å². The Balaban J connectivity index is 0.000000449. The second kappa shape index (κ2) is 12.7. The number of aromatic nitrogens is 1. The van der Waals surface area contributed by atoms with Gasteiger partial charge in [-0.2, -0.15) is 0 Å². The van der Waals surface area contributed by atoms with Crippen molar-refractivity contribution in [2.24, 2.45) is 0 Å². The molecule has 0 aliphatic carbocycles. The summed E-state index contributed by atoms with van der Waals surface area (Å²) >= 11 is 0. The van der Waals surface area contributed by atoms with E-state index in [2.05, 4.69) is 53.5 Å². The number of carbonyl (C=O) groups excluding carboxylic acids is 1. The number of fused-ring (bicyclic) bond motifs is 1. The summed E-state index contributed by atoms with van der Waals surface area (Å²) in [7, 11) is 3.31. The maximum absolute atomic E-state index is 10.0. The van der Waals surface area contributed by atoms with Crippen LogP contribution in [-0.2, 0) is 25.9 Å². The number of methoxy groups -OCH3 is 2. The Morgan fingerprint density at radius 3 is 2.38 bits per heavy atom. The first-order chi connectivity index (χ1) is 15.9. The van der Waals surface area contributed by atoms with Crippen LogP contribution in [-0.4, -0.2) is 30.1 Å². The summed E-state index contributed by atoms with van der Waals surface area (Å²) < 4.78 is 10.9. The van der Waals surface area contributed by atoms with Gasteiger partial charge < -0.3 is 19.6 Å². The van der Waals surface area contributed by atoms with E-state index in [1.54, 1.807) is 20.4 Å². The molecule has 1 aromatic heterocycles. The van der Waals surface area contributed by atoms with Gasteiger partial charge in [-0.05, 0) is 42.4 Å². The van der Waals surface area contributed by atoms with E-state index in [0.717, 1.165) is 33.9 Å². The van der Waals surface area contributed by atoms with Gasteiger partial charge in [0.05, 0.1) is 20.0 Å². The van der Waals surface area contributed by atoms with Gasteiger partial charge in [0.2, 0.25) is 0 Å². The number of hydrogen-bond donors (Lipinski definition) is 1. The van der Waals surface area contributed by atoms with Gasteiger partial charge in [-0.15, -0.1) is 12.1 Å². The van der Waals surface area contributed by atoms with E-state index in [9.17, 15) is 4.79 Å². The van der Waals surface area contributed by atoms with Crippen molar-refractivity contribution >= 4 is 16.6 Å².